The lowest BCUT2D eigenvalue weighted by Crippen LogP contribution is -2.44. The molecule has 2 aromatic rings. The van der Waals surface area contributed by atoms with E-state index < -0.39 is 0 Å². The number of carbonyl (C=O) groups excluding carboxylic acids is 2. The molecule has 3 rings (SSSR count). The maximum atomic E-state index is 12.5. The van der Waals surface area contributed by atoms with E-state index in [1.165, 1.54) is 11.8 Å². The second kappa shape index (κ2) is 8.22. The Morgan fingerprint density at radius 3 is 3.04 bits per heavy atom. The number of carbonyl (C=O) groups is 2. The number of methoxy groups -OCH3 is 1. The first-order valence-corrected chi connectivity index (χ1v) is 9.31. The summed E-state index contributed by atoms with van der Waals surface area (Å²) in [4.78, 5) is 25.6. The summed E-state index contributed by atoms with van der Waals surface area (Å²) in [5.41, 5.74) is 6.23. The number of rotatable bonds is 6. The zero-order chi connectivity index (χ0) is 18.5. The second-order valence-electron chi connectivity index (χ2n) is 6.05. The van der Waals surface area contributed by atoms with Gasteiger partial charge in [0, 0.05) is 19.2 Å². The molecule has 1 aromatic heterocycles. The zero-order valence-corrected chi connectivity index (χ0v) is 15.3. The number of primary amides is 1. The third-order valence-electron chi connectivity index (χ3n) is 4.35. The average molecular weight is 375 g/mol. The average Bonchev–Trinajstić information content (AvgIpc) is 3.15. The van der Waals surface area contributed by atoms with Crippen LogP contribution in [0.25, 0.3) is 5.69 Å². The smallest absolute Gasteiger partial charge is 0.233 e. The Morgan fingerprint density at radius 2 is 2.27 bits per heavy atom. The van der Waals surface area contributed by atoms with Crippen molar-refractivity contribution < 1.29 is 14.3 Å². The molecule has 0 radical (unpaired) electrons. The lowest BCUT2D eigenvalue weighted by molar-refractivity contribution is -0.132. The lowest BCUT2D eigenvalue weighted by Gasteiger charge is -2.31. The van der Waals surface area contributed by atoms with Crippen molar-refractivity contribution in [3.63, 3.8) is 0 Å². The molecule has 138 valence electrons. The van der Waals surface area contributed by atoms with Gasteiger partial charge in [-0.15, -0.1) is 10.2 Å². The zero-order valence-electron chi connectivity index (χ0n) is 14.5. The fraction of sp³-hybridized carbons (Fsp3) is 0.412. The quantitative estimate of drug-likeness (QED) is 0.758. The van der Waals surface area contributed by atoms with Crippen molar-refractivity contribution in [1.82, 2.24) is 19.7 Å². The molecule has 2 heterocycles. The molecule has 2 N–H and O–H groups in total. The van der Waals surface area contributed by atoms with Crippen molar-refractivity contribution in [3.05, 3.63) is 30.6 Å². The molecule has 8 nitrogen and oxygen atoms in total. The summed E-state index contributed by atoms with van der Waals surface area (Å²) in [5.74, 6) is 0.343. The summed E-state index contributed by atoms with van der Waals surface area (Å²) in [7, 11) is 1.61. The monoisotopic (exact) mass is 375 g/mol. The summed E-state index contributed by atoms with van der Waals surface area (Å²) < 4.78 is 7.05. The molecule has 1 aliphatic rings. The van der Waals surface area contributed by atoms with Crippen LogP contribution in [-0.4, -0.2) is 57.4 Å². The van der Waals surface area contributed by atoms with Crippen molar-refractivity contribution >= 4 is 23.6 Å². The maximum Gasteiger partial charge on any atom is 0.233 e. The minimum absolute atomic E-state index is 0.0267. The number of piperidine rings is 1. The van der Waals surface area contributed by atoms with E-state index in [1.54, 1.807) is 18.3 Å². The molecule has 1 saturated heterocycles. The number of hydrogen-bond acceptors (Lipinski definition) is 6. The Bertz CT molecular complexity index is 794. The largest absolute Gasteiger partial charge is 0.497 e. The molecule has 0 bridgehead atoms. The minimum Gasteiger partial charge on any atom is -0.497 e. The van der Waals surface area contributed by atoms with Crippen LogP contribution >= 0.6 is 11.8 Å². The van der Waals surface area contributed by atoms with Gasteiger partial charge in [-0.25, -0.2) is 0 Å². The molecule has 26 heavy (non-hydrogen) atoms. The lowest BCUT2D eigenvalue weighted by atomic mass is 9.97. The van der Waals surface area contributed by atoms with Gasteiger partial charge in [-0.3, -0.25) is 14.2 Å². The van der Waals surface area contributed by atoms with Gasteiger partial charge in [0.25, 0.3) is 0 Å². The third kappa shape index (κ3) is 4.16. The van der Waals surface area contributed by atoms with E-state index in [-0.39, 0.29) is 23.5 Å². The number of likely N-dealkylation sites (tertiary alicyclic amines) is 1. The van der Waals surface area contributed by atoms with Crippen molar-refractivity contribution in [2.45, 2.75) is 18.0 Å². The molecule has 0 saturated carbocycles. The summed E-state index contributed by atoms with van der Waals surface area (Å²) in [6.45, 7) is 1.06. The molecule has 1 fully saturated rings. The Hall–Kier alpha value is -2.55. The number of nitrogens with two attached hydrogens (primary N) is 1. The number of hydrogen-bond donors (Lipinski definition) is 1. The van der Waals surface area contributed by atoms with E-state index in [0.29, 0.717) is 18.2 Å². The van der Waals surface area contributed by atoms with Crippen LogP contribution in [0.15, 0.2) is 35.7 Å². The number of nitrogens with zero attached hydrogens (tertiary/aromatic N) is 4. The van der Waals surface area contributed by atoms with Gasteiger partial charge in [-0.1, -0.05) is 17.8 Å². The van der Waals surface area contributed by atoms with E-state index in [9.17, 15) is 9.59 Å². The first kappa shape index (κ1) is 18.2. The molecule has 9 heteroatoms. The highest BCUT2D eigenvalue weighted by Gasteiger charge is 2.27. The molecule has 0 unspecified atom stereocenters. The van der Waals surface area contributed by atoms with E-state index in [2.05, 4.69) is 10.2 Å². The predicted molar refractivity (Wildman–Crippen MR) is 97.1 cm³/mol. The van der Waals surface area contributed by atoms with Crippen LogP contribution < -0.4 is 10.5 Å². The molecule has 2 amide bonds. The summed E-state index contributed by atoms with van der Waals surface area (Å²) in [6, 6.07) is 7.53. The Labute approximate surface area is 155 Å². The second-order valence-corrected chi connectivity index (χ2v) is 7.00. The van der Waals surface area contributed by atoms with Crippen LogP contribution in [0.5, 0.6) is 5.75 Å². The van der Waals surface area contributed by atoms with Gasteiger partial charge in [0.2, 0.25) is 11.8 Å². The normalized spacial score (nSPS) is 17.1. The summed E-state index contributed by atoms with van der Waals surface area (Å²) >= 11 is 1.31. The molecular formula is C17H21N5O3S. The van der Waals surface area contributed by atoms with Crippen LogP contribution in [0.3, 0.4) is 0 Å². The SMILES string of the molecule is COc1cccc(-n2cnnc2SCC(=O)N2CCC[C@H](C(N)=O)C2)c1. The molecule has 1 atom stereocenters. The number of ether oxygens (including phenoxy) is 1. The van der Waals surface area contributed by atoms with Gasteiger partial charge in [0.15, 0.2) is 5.16 Å². The van der Waals surface area contributed by atoms with Crippen molar-refractivity contribution in [1.29, 1.82) is 0 Å². The highest BCUT2D eigenvalue weighted by Crippen LogP contribution is 2.23. The fourth-order valence-corrected chi connectivity index (χ4v) is 3.75. The van der Waals surface area contributed by atoms with Gasteiger partial charge >= 0.3 is 0 Å². The highest BCUT2D eigenvalue weighted by molar-refractivity contribution is 7.99. The summed E-state index contributed by atoms with van der Waals surface area (Å²) in [5, 5.41) is 8.66. The van der Waals surface area contributed by atoms with Crippen molar-refractivity contribution in [2.75, 3.05) is 26.0 Å². The van der Waals surface area contributed by atoms with E-state index >= 15 is 0 Å². The minimum atomic E-state index is -0.340. The third-order valence-corrected chi connectivity index (χ3v) is 5.28. The first-order chi connectivity index (χ1) is 12.6. The number of amides is 2. The van der Waals surface area contributed by atoms with Crippen LogP contribution in [0.4, 0.5) is 0 Å². The molecule has 0 spiro atoms. The summed E-state index contributed by atoms with van der Waals surface area (Å²) in [6.07, 6.45) is 3.14. The van der Waals surface area contributed by atoms with Gasteiger partial charge in [-0.05, 0) is 25.0 Å². The highest BCUT2D eigenvalue weighted by atomic mass is 32.2. The van der Waals surface area contributed by atoms with Crippen LogP contribution in [-0.2, 0) is 9.59 Å². The molecular weight excluding hydrogens is 354 g/mol. The van der Waals surface area contributed by atoms with Crippen LogP contribution in [0.2, 0.25) is 0 Å². The first-order valence-electron chi connectivity index (χ1n) is 8.33. The van der Waals surface area contributed by atoms with Gasteiger partial charge in [-0.2, -0.15) is 0 Å². The van der Waals surface area contributed by atoms with Crippen molar-refractivity contribution in [3.8, 4) is 11.4 Å². The van der Waals surface area contributed by atoms with E-state index in [1.807, 2.05) is 28.8 Å². The van der Waals surface area contributed by atoms with E-state index in [0.717, 1.165) is 24.3 Å². The van der Waals surface area contributed by atoms with Crippen LogP contribution in [0, 0.1) is 5.92 Å². The van der Waals surface area contributed by atoms with Crippen LogP contribution in [0.1, 0.15) is 12.8 Å². The maximum absolute atomic E-state index is 12.5. The van der Waals surface area contributed by atoms with Gasteiger partial charge < -0.3 is 15.4 Å². The molecule has 1 aliphatic heterocycles. The van der Waals surface area contributed by atoms with Gasteiger partial charge in [0.05, 0.1) is 24.5 Å². The van der Waals surface area contributed by atoms with E-state index in [4.69, 9.17) is 10.5 Å². The molecule has 0 aliphatic carbocycles. The Kier molecular flexibility index (Phi) is 5.77. The number of benzene rings is 1. The topological polar surface area (TPSA) is 103 Å². The number of thioether (sulfide) groups is 1. The Balaban J connectivity index is 1.64. The molecule has 1 aromatic carbocycles. The fourth-order valence-electron chi connectivity index (χ4n) is 2.91. The number of aromatic nitrogens is 3. The standard InChI is InChI=1S/C17H21N5O3S/c1-25-14-6-2-5-13(8-14)22-11-19-20-17(22)26-10-15(23)21-7-3-4-12(9-21)16(18)24/h2,5-6,8,11-12H,3-4,7,9-10H2,1H3,(H2,18,24)/t12-/m0/s1. The van der Waals surface area contributed by atoms with Crippen molar-refractivity contribution in [2.24, 2.45) is 11.7 Å². The predicted octanol–water partition coefficient (Wildman–Crippen LogP) is 1.09. The Morgan fingerprint density at radius 1 is 1.42 bits per heavy atom. The van der Waals surface area contributed by atoms with Gasteiger partial charge in [0.1, 0.15) is 12.1 Å².